The molecule has 2 aliphatic rings. The molecule has 2 saturated heterocycles. The van der Waals surface area contributed by atoms with Gasteiger partial charge < -0.3 is 18.9 Å². The molecular weight excluding hydrogens is 176 g/mol. The third kappa shape index (κ3) is 1.28. The second-order valence-electron chi connectivity index (χ2n) is 3.09. The van der Waals surface area contributed by atoms with Crippen LogP contribution in [0, 0.1) is 0 Å². The van der Waals surface area contributed by atoms with Crippen molar-refractivity contribution >= 4 is 5.78 Å². The van der Waals surface area contributed by atoms with Gasteiger partial charge in [0.2, 0.25) is 0 Å². The Balaban J connectivity index is 2.19. The zero-order chi connectivity index (χ0) is 9.42. The molecule has 4 atom stereocenters. The van der Waals surface area contributed by atoms with Crippen LogP contribution in [-0.4, -0.2) is 51.2 Å². The first-order valence-corrected chi connectivity index (χ1v) is 4.14. The largest absolute Gasteiger partial charge is 0.371 e. The van der Waals surface area contributed by atoms with Gasteiger partial charge in [-0.3, -0.25) is 4.79 Å². The number of hydrogen-bond donors (Lipinski definition) is 0. The average molecular weight is 188 g/mol. The topological polar surface area (TPSA) is 54.0 Å². The SMILES string of the molecule is CO[C@@H]1C(=O)[C@H](OC)[C@H]2CO[C@@H]1O2. The van der Waals surface area contributed by atoms with Crippen molar-refractivity contribution < 1.29 is 23.7 Å². The monoisotopic (exact) mass is 188 g/mol. The molecule has 0 N–H and O–H groups in total. The predicted molar refractivity (Wildman–Crippen MR) is 41.2 cm³/mol. The van der Waals surface area contributed by atoms with Gasteiger partial charge in [-0.15, -0.1) is 0 Å². The molecule has 2 heterocycles. The minimum atomic E-state index is -0.649. The van der Waals surface area contributed by atoms with Gasteiger partial charge >= 0.3 is 0 Å². The minimum Gasteiger partial charge on any atom is -0.371 e. The van der Waals surface area contributed by atoms with Crippen LogP contribution in [0.4, 0.5) is 0 Å². The number of fused-ring (bicyclic) bond motifs is 2. The first-order valence-electron chi connectivity index (χ1n) is 4.14. The van der Waals surface area contributed by atoms with E-state index in [-0.39, 0.29) is 11.9 Å². The molecule has 2 aliphatic heterocycles. The molecule has 5 heteroatoms. The van der Waals surface area contributed by atoms with Crippen molar-refractivity contribution in [3.05, 3.63) is 0 Å². The molecule has 2 bridgehead atoms. The summed E-state index contributed by atoms with van der Waals surface area (Å²) in [4.78, 5) is 11.6. The lowest BCUT2D eigenvalue weighted by atomic mass is 10.0. The summed E-state index contributed by atoms with van der Waals surface area (Å²) in [5.74, 6) is -0.0937. The molecule has 0 aromatic heterocycles. The molecule has 13 heavy (non-hydrogen) atoms. The minimum absolute atomic E-state index is 0.0937. The maximum absolute atomic E-state index is 11.6. The zero-order valence-electron chi connectivity index (χ0n) is 7.56. The van der Waals surface area contributed by atoms with Crippen molar-refractivity contribution in [3.63, 3.8) is 0 Å². The molecular formula is C8H12O5. The van der Waals surface area contributed by atoms with Gasteiger partial charge in [-0.05, 0) is 0 Å². The van der Waals surface area contributed by atoms with E-state index in [9.17, 15) is 4.79 Å². The Morgan fingerprint density at radius 1 is 1.31 bits per heavy atom. The summed E-state index contributed by atoms with van der Waals surface area (Å²) in [6.07, 6.45) is -2.02. The van der Waals surface area contributed by atoms with Crippen LogP contribution in [0.2, 0.25) is 0 Å². The maximum atomic E-state index is 11.6. The van der Waals surface area contributed by atoms with Gasteiger partial charge in [-0.25, -0.2) is 0 Å². The third-order valence-corrected chi connectivity index (χ3v) is 2.39. The zero-order valence-corrected chi connectivity index (χ0v) is 7.56. The first-order chi connectivity index (χ1) is 6.27. The van der Waals surface area contributed by atoms with Gasteiger partial charge in [0.25, 0.3) is 0 Å². The molecule has 2 fully saturated rings. The number of carbonyl (C=O) groups is 1. The normalized spacial score (nSPS) is 44.0. The van der Waals surface area contributed by atoms with E-state index in [4.69, 9.17) is 18.9 Å². The van der Waals surface area contributed by atoms with Crippen LogP contribution in [0.5, 0.6) is 0 Å². The number of carbonyl (C=O) groups excluding carboxylic acids is 1. The van der Waals surface area contributed by atoms with Crippen molar-refractivity contribution in [1.82, 2.24) is 0 Å². The summed E-state index contributed by atoms with van der Waals surface area (Å²) in [5.41, 5.74) is 0. The fourth-order valence-electron chi connectivity index (χ4n) is 1.73. The van der Waals surface area contributed by atoms with E-state index in [0.29, 0.717) is 6.61 Å². The van der Waals surface area contributed by atoms with Crippen LogP contribution in [0.3, 0.4) is 0 Å². The second kappa shape index (κ2) is 3.34. The highest BCUT2D eigenvalue weighted by molar-refractivity contribution is 5.89. The standard InChI is InChI=1S/C8H12O5/c1-10-6-4-3-12-8(13-4)7(11-2)5(6)9/h4,6-8H,3H2,1-2H3/t4-,6-,7-,8-/m1/s1. The van der Waals surface area contributed by atoms with Crippen LogP contribution in [0.15, 0.2) is 0 Å². The Morgan fingerprint density at radius 2 is 2.00 bits per heavy atom. The predicted octanol–water partition coefficient (Wildman–Crippen LogP) is -0.659. The number of Topliss-reactive ketones (excluding diaryl/α,β-unsaturated/α-hetero) is 1. The van der Waals surface area contributed by atoms with E-state index in [2.05, 4.69) is 0 Å². The van der Waals surface area contributed by atoms with Crippen LogP contribution in [-0.2, 0) is 23.7 Å². The Labute approximate surface area is 75.9 Å². The molecule has 0 aromatic rings. The van der Waals surface area contributed by atoms with Gasteiger partial charge in [0, 0.05) is 14.2 Å². The Hall–Kier alpha value is -0.490. The van der Waals surface area contributed by atoms with Crippen LogP contribution in [0.25, 0.3) is 0 Å². The van der Waals surface area contributed by atoms with E-state index in [0.717, 1.165) is 0 Å². The summed E-state index contributed by atoms with van der Waals surface area (Å²) in [6, 6.07) is 0. The van der Waals surface area contributed by atoms with E-state index in [1.807, 2.05) is 0 Å². The molecule has 0 saturated carbocycles. The van der Waals surface area contributed by atoms with E-state index >= 15 is 0 Å². The highest BCUT2D eigenvalue weighted by Crippen LogP contribution is 2.28. The highest BCUT2D eigenvalue weighted by atomic mass is 16.8. The van der Waals surface area contributed by atoms with Crippen LogP contribution >= 0.6 is 0 Å². The van der Waals surface area contributed by atoms with Crippen LogP contribution in [0.1, 0.15) is 0 Å². The summed E-state index contributed by atoms with van der Waals surface area (Å²) in [7, 11) is 2.94. The molecule has 0 spiro atoms. The molecule has 74 valence electrons. The number of methoxy groups -OCH3 is 2. The van der Waals surface area contributed by atoms with E-state index in [1.54, 1.807) is 0 Å². The summed E-state index contributed by atoms with van der Waals surface area (Å²) < 4.78 is 20.6. The molecule has 2 rings (SSSR count). The molecule has 0 aliphatic carbocycles. The fourth-order valence-corrected chi connectivity index (χ4v) is 1.73. The summed E-state index contributed by atoms with van der Waals surface area (Å²) in [5, 5.41) is 0. The smallest absolute Gasteiger partial charge is 0.198 e. The number of hydrogen-bond acceptors (Lipinski definition) is 5. The van der Waals surface area contributed by atoms with Crippen molar-refractivity contribution in [2.24, 2.45) is 0 Å². The van der Waals surface area contributed by atoms with Crippen molar-refractivity contribution in [1.29, 1.82) is 0 Å². The third-order valence-electron chi connectivity index (χ3n) is 2.39. The van der Waals surface area contributed by atoms with Crippen molar-refractivity contribution in [2.45, 2.75) is 24.6 Å². The number of rotatable bonds is 2. The fraction of sp³-hybridized carbons (Fsp3) is 0.875. The molecule has 0 amide bonds. The van der Waals surface area contributed by atoms with Crippen molar-refractivity contribution in [3.8, 4) is 0 Å². The average Bonchev–Trinajstić information content (AvgIpc) is 2.52. The lowest BCUT2D eigenvalue weighted by molar-refractivity contribution is -0.196. The molecule has 0 radical (unpaired) electrons. The Kier molecular flexibility index (Phi) is 2.33. The number of ether oxygens (including phenoxy) is 4. The van der Waals surface area contributed by atoms with E-state index in [1.165, 1.54) is 14.2 Å². The van der Waals surface area contributed by atoms with Crippen molar-refractivity contribution in [2.75, 3.05) is 20.8 Å². The van der Waals surface area contributed by atoms with Crippen LogP contribution < -0.4 is 0 Å². The van der Waals surface area contributed by atoms with E-state index < -0.39 is 18.5 Å². The number of ketones is 1. The quantitative estimate of drug-likeness (QED) is 0.576. The summed E-state index contributed by atoms with van der Waals surface area (Å²) >= 11 is 0. The van der Waals surface area contributed by atoms with Gasteiger partial charge in [0.1, 0.15) is 12.2 Å². The van der Waals surface area contributed by atoms with Gasteiger partial charge in [-0.2, -0.15) is 0 Å². The maximum Gasteiger partial charge on any atom is 0.198 e. The summed E-state index contributed by atoms with van der Waals surface area (Å²) in [6.45, 7) is 0.398. The lowest BCUT2D eigenvalue weighted by Gasteiger charge is -2.30. The molecule has 0 aromatic carbocycles. The lowest BCUT2D eigenvalue weighted by Crippen LogP contribution is -2.52. The first kappa shape index (κ1) is 9.08. The molecule has 0 unspecified atom stereocenters. The Morgan fingerprint density at radius 3 is 2.62 bits per heavy atom. The van der Waals surface area contributed by atoms with Gasteiger partial charge in [-0.1, -0.05) is 0 Å². The Bertz CT molecular complexity index is 197. The second-order valence-corrected chi connectivity index (χ2v) is 3.09. The van der Waals surface area contributed by atoms with Gasteiger partial charge in [0.15, 0.2) is 18.2 Å². The molecule has 5 nitrogen and oxygen atoms in total. The highest BCUT2D eigenvalue weighted by Gasteiger charge is 2.50. The van der Waals surface area contributed by atoms with Gasteiger partial charge in [0.05, 0.1) is 6.61 Å².